The Morgan fingerprint density at radius 1 is 1.44 bits per heavy atom. The summed E-state index contributed by atoms with van der Waals surface area (Å²) in [4.78, 5) is 12.6. The van der Waals surface area contributed by atoms with Gasteiger partial charge in [-0.1, -0.05) is 0 Å². The second-order valence-electron chi connectivity index (χ2n) is 4.67. The summed E-state index contributed by atoms with van der Waals surface area (Å²) in [5.41, 5.74) is 0. The van der Waals surface area contributed by atoms with Crippen LogP contribution < -0.4 is 4.90 Å². The lowest BCUT2D eigenvalue weighted by Gasteiger charge is -2.37. The van der Waals surface area contributed by atoms with Gasteiger partial charge < -0.3 is 4.90 Å². The average molecular weight is 282 g/mol. The summed E-state index contributed by atoms with van der Waals surface area (Å²) in [5.74, 6) is 1.57. The highest BCUT2D eigenvalue weighted by atomic mass is 35.5. The number of hydrogen-bond donors (Lipinski definition) is 0. The maximum Gasteiger partial charge on any atom is 0.226 e. The Labute approximate surface area is 116 Å². The molecule has 1 saturated carbocycles. The van der Waals surface area contributed by atoms with Crippen molar-refractivity contribution < 1.29 is 0 Å². The van der Waals surface area contributed by atoms with Crippen molar-refractivity contribution in [3.8, 4) is 0 Å². The van der Waals surface area contributed by atoms with Gasteiger partial charge in [-0.25, -0.2) is 9.97 Å². The predicted molar refractivity (Wildman–Crippen MR) is 77.7 cm³/mol. The third-order valence-electron chi connectivity index (χ3n) is 3.50. The molecule has 0 saturated heterocycles. The number of hydrogen-bond acceptors (Lipinski definition) is 4. The fourth-order valence-electron chi connectivity index (χ4n) is 2.26. The van der Waals surface area contributed by atoms with E-state index in [-0.39, 0.29) is 0 Å². The van der Waals surface area contributed by atoms with Gasteiger partial charge in [0.15, 0.2) is 0 Å². The first-order valence-electron chi connectivity index (χ1n) is 6.41. The summed E-state index contributed by atoms with van der Waals surface area (Å²) in [6.07, 6.45) is 6.76. The van der Waals surface area contributed by atoms with Crippen molar-refractivity contribution in [1.82, 2.24) is 9.97 Å². The first-order chi connectivity index (χ1) is 8.88. The van der Waals surface area contributed by atoms with Gasteiger partial charge >= 0.3 is 0 Å². The highest BCUT2D eigenvalue weighted by molar-refractivity contribution is 7.16. The van der Waals surface area contributed by atoms with Crippen molar-refractivity contribution in [2.24, 2.45) is 0 Å². The molecule has 0 radical (unpaired) electrons. The van der Waals surface area contributed by atoms with Crippen molar-refractivity contribution >= 4 is 39.1 Å². The zero-order valence-electron chi connectivity index (χ0n) is 10.2. The molecule has 5 heteroatoms. The van der Waals surface area contributed by atoms with Gasteiger partial charge in [0.1, 0.15) is 4.83 Å². The summed E-state index contributed by atoms with van der Waals surface area (Å²) < 4.78 is 0. The van der Waals surface area contributed by atoms with E-state index >= 15 is 0 Å². The first kappa shape index (κ1) is 12.2. The Kier molecular flexibility index (Phi) is 3.66. The third kappa shape index (κ3) is 2.31. The van der Waals surface area contributed by atoms with E-state index in [4.69, 9.17) is 11.6 Å². The molecule has 96 valence electrons. The molecule has 0 spiro atoms. The van der Waals surface area contributed by atoms with Crippen molar-refractivity contribution in [2.75, 3.05) is 17.3 Å². The molecule has 0 bridgehead atoms. The van der Waals surface area contributed by atoms with Crippen LogP contribution in [0.15, 0.2) is 17.6 Å². The molecule has 2 aromatic rings. The largest absolute Gasteiger partial charge is 0.338 e. The predicted octanol–water partition coefficient (Wildman–Crippen LogP) is 3.68. The van der Waals surface area contributed by atoms with Crippen LogP contribution in [-0.2, 0) is 0 Å². The minimum absolute atomic E-state index is 0.616. The maximum absolute atomic E-state index is 5.81. The third-order valence-corrected chi connectivity index (χ3v) is 4.59. The van der Waals surface area contributed by atoms with E-state index in [1.165, 1.54) is 19.3 Å². The van der Waals surface area contributed by atoms with E-state index in [9.17, 15) is 0 Å². The molecule has 0 aromatic carbocycles. The molecule has 3 rings (SSSR count). The number of rotatable bonds is 5. The van der Waals surface area contributed by atoms with Gasteiger partial charge in [0, 0.05) is 30.0 Å². The lowest BCUT2D eigenvalue weighted by Crippen LogP contribution is -2.42. The van der Waals surface area contributed by atoms with E-state index < -0.39 is 0 Å². The highest BCUT2D eigenvalue weighted by Crippen LogP contribution is 2.29. The molecule has 3 nitrogen and oxygen atoms in total. The van der Waals surface area contributed by atoms with Crippen molar-refractivity contribution in [3.63, 3.8) is 0 Å². The van der Waals surface area contributed by atoms with Gasteiger partial charge in [0.2, 0.25) is 5.95 Å². The van der Waals surface area contributed by atoms with Gasteiger partial charge in [-0.3, -0.25) is 0 Å². The van der Waals surface area contributed by atoms with Gasteiger partial charge in [-0.15, -0.1) is 22.9 Å². The number of halogens is 1. The molecule has 2 aromatic heterocycles. The van der Waals surface area contributed by atoms with E-state index in [0.717, 1.165) is 29.1 Å². The molecule has 1 fully saturated rings. The van der Waals surface area contributed by atoms with E-state index in [2.05, 4.69) is 26.3 Å². The second kappa shape index (κ2) is 5.41. The fourth-order valence-corrected chi connectivity index (χ4v) is 3.11. The number of thiophene rings is 1. The summed E-state index contributed by atoms with van der Waals surface area (Å²) >= 11 is 7.49. The zero-order chi connectivity index (χ0) is 12.4. The lowest BCUT2D eigenvalue weighted by molar-refractivity contribution is 0.382. The zero-order valence-corrected chi connectivity index (χ0v) is 11.8. The molecule has 0 aliphatic heterocycles. The molecule has 0 atom stereocenters. The van der Waals surface area contributed by atoms with Crippen molar-refractivity contribution in [2.45, 2.75) is 31.7 Å². The Hall–Kier alpha value is -0.870. The lowest BCUT2D eigenvalue weighted by atomic mass is 9.91. The van der Waals surface area contributed by atoms with Gasteiger partial charge in [0.25, 0.3) is 0 Å². The van der Waals surface area contributed by atoms with Crippen molar-refractivity contribution in [3.05, 3.63) is 17.6 Å². The minimum Gasteiger partial charge on any atom is -0.338 e. The van der Waals surface area contributed by atoms with Crippen LogP contribution in [-0.4, -0.2) is 28.4 Å². The Morgan fingerprint density at radius 2 is 2.33 bits per heavy atom. The average Bonchev–Trinajstić information content (AvgIpc) is 2.78. The van der Waals surface area contributed by atoms with Crippen LogP contribution in [0.25, 0.3) is 10.2 Å². The van der Waals surface area contributed by atoms with Crippen LogP contribution in [0, 0.1) is 0 Å². The second-order valence-corrected chi connectivity index (χ2v) is 5.94. The van der Waals surface area contributed by atoms with E-state index in [0.29, 0.717) is 11.9 Å². The number of anilines is 1. The van der Waals surface area contributed by atoms with E-state index in [1.807, 2.05) is 6.20 Å². The minimum atomic E-state index is 0.616. The summed E-state index contributed by atoms with van der Waals surface area (Å²) in [5, 5.41) is 3.20. The van der Waals surface area contributed by atoms with Crippen LogP contribution >= 0.6 is 22.9 Å². The van der Waals surface area contributed by atoms with Crippen LogP contribution in [0.5, 0.6) is 0 Å². The van der Waals surface area contributed by atoms with Gasteiger partial charge in [-0.05, 0) is 37.1 Å². The van der Waals surface area contributed by atoms with Crippen molar-refractivity contribution in [1.29, 1.82) is 0 Å². The number of nitrogens with zero attached hydrogens (tertiary/aromatic N) is 3. The summed E-state index contributed by atoms with van der Waals surface area (Å²) in [6, 6.07) is 2.68. The van der Waals surface area contributed by atoms with Crippen LogP contribution in [0.1, 0.15) is 25.7 Å². The molecule has 1 aliphatic carbocycles. The molecule has 0 N–H and O–H groups in total. The van der Waals surface area contributed by atoms with Crippen LogP contribution in [0.3, 0.4) is 0 Å². The van der Waals surface area contributed by atoms with E-state index in [1.54, 1.807) is 11.3 Å². The molecular formula is C13H16ClN3S. The SMILES string of the molecule is ClCCCN(c1ncc2ccsc2n1)C1CCC1. The summed E-state index contributed by atoms with van der Waals surface area (Å²) in [7, 11) is 0. The monoisotopic (exact) mass is 281 g/mol. The Bertz CT molecular complexity index is 524. The quantitative estimate of drug-likeness (QED) is 0.783. The topological polar surface area (TPSA) is 29.0 Å². The molecule has 2 heterocycles. The Balaban J connectivity index is 1.86. The Morgan fingerprint density at radius 3 is 3.06 bits per heavy atom. The van der Waals surface area contributed by atoms with Gasteiger partial charge in [-0.2, -0.15) is 0 Å². The number of aromatic nitrogens is 2. The van der Waals surface area contributed by atoms with Crippen LogP contribution in [0.4, 0.5) is 5.95 Å². The highest BCUT2D eigenvalue weighted by Gasteiger charge is 2.26. The normalized spacial score (nSPS) is 15.8. The molecule has 18 heavy (non-hydrogen) atoms. The molecular weight excluding hydrogens is 266 g/mol. The van der Waals surface area contributed by atoms with Crippen LogP contribution in [0.2, 0.25) is 0 Å². The van der Waals surface area contributed by atoms with Gasteiger partial charge in [0.05, 0.1) is 0 Å². The number of alkyl halides is 1. The molecule has 0 amide bonds. The summed E-state index contributed by atoms with van der Waals surface area (Å²) in [6.45, 7) is 0.963. The maximum atomic E-state index is 5.81. The smallest absolute Gasteiger partial charge is 0.226 e. The number of fused-ring (bicyclic) bond motifs is 1. The first-order valence-corrected chi connectivity index (χ1v) is 7.83. The fraction of sp³-hybridized carbons (Fsp3) is 0.538. The molecule has 1 aliphatic rings. The standard InChI is InChI=1S/C13H16ClN3S/c14-6-2-7-17(11-3-1-4-11)13-15-9-10-5-8-18-12(10)16-13/h5,8-9,11H,1-4,6-7H2. The molecule has 0 unspecified atom stereocenters.